The third-order valence-corrected chi connectivity index (χ3v) is 3.58. The van der Waals surface area contributed by atoms with Crippen molar-refractivity contribution >= 4 is 0 Å². The van der Waals surface area contributed by atoms with E-state index < -0.39 is 0 Å². The van der Waals surface area contributed by atoms with Crippen molar-refractivity contribution in [1.82, 2.24) is 4.98 Å². The molecule has 0 saturated heterocycles. The van der Waals surface area contributed by atoms with Crippen molar-refractivity contribution in [2.24, 2.45) is 0 Å². The molecule has 2 aromatic rings. The van der Waals surface area contributed by atoms with Crippen LogP contribution in [0.1, 0.15) is 43.0 Å². The molecule has 19 heavy (non-hydrogen) atoms. The smallest absolute Gasteiger partial charge is 0.0707 e. The van der Waals surface area contributed by atoms with Gasteiger partial charge in [-0.3, -0.25) is 4.98 Å². The van der Waals surface area contributed by atoms with Gasteiger partial charge in [-0.2, -0.15) is 0 Å². The molecule has 100 valence electrons. The predicted octanol–water partition coefficient (Wildman–Crippen LogP) is 4.97. The van der Waals surface area contributed by atoms with Crippen molar-refractivity contribution in [3.05, 3.63) is 52.7 Å². The molecule has 1 aromatic carbocycles. The fraction of sp³-hybridized carbons (Fsp3) is 0.389. The van der Waals surface area contributed by atoms with Gasteiger partial charge in [-0.25, -0.2) is 0 Å². The maximum absolute atomic E-state index is 4.67. The second kappa shape index (κ2) is 4.80. The second-order valence-electron chi connectivity index (χ2n) is 6.45. The molecular formula is C18H23N. The molecular weight excluding hydrogens is 230 g/mol. The molecule has 0 N–H and O–H groups in total. The molecule has 0 fully saturated rings. The van der Waals surface area contributed by atoms with E-state index in [0.717, 1.165) is 5.69 Å². The first-order valence-corrected chi connectivity index (χ1v) is 6.84. The quantitative estimate of drug-likeness (QED) is 0.699. The summed E-state index contributed by atoms with van der Waals surface area (Å²) in [6.45, 7) is 13.1. The predicted molar refractivity (Wildman–Crippen MR) is 82.6 cm³/mol. The molecule has 0 saturated carbocycles. The molecule has 0 amide bonds. The Morgan fingerprint density at radius 1 is 0.895 bits per heavy atom. The topological polar surface area (TPSA) is 12.9 Å². The molecule has 0 aliphatic rings. The molecule has 1 nitrogen and oxygen atoms in total. The minimum Gasteiger partial charge on any atom is -0.256 e. The monoisotopic (exact) mass is 253 g/mol. The Kier molecular flexibility index (Phi) is 3.49. The molecule has 1 heterocycles. The van der Waals surface area contributed by atoms with E-state index >= 15 is 0 Å². The van der Waals surface area contributed by atoms with Crippen LogP contribution in [0, 0.1) is 20.8 Å². The van der Waals surface area contributed by atoms with Crippen molar-refractivity contribution in [1.29, 1.82) is 0 Å². The molecule has 0 spiro atoms. The summed E-state index contributed by atoms with van der Waals surface area (Å²) in [5, 5.41) is 0. The average Bonchev–Trinajstić information content (AvgIpc) is 2.26. The highest BCUT2D eigenvalue weighted by Gasteiger charge is 2.17. The third-order valence-electron chi connectivity index (χ3n) is 3.58. The third kappa shape index (κ3) is 2.86. The highest BCUT2D eigenvalue weighted by molar-refractivity contribution is 5.65. The van der Waals surface area contributed by atoms with E-state index in [9.17, 15) is 0 Å². The molecule has 0 bridgehead atoms. The Morgan fingerprint density at radius 2 is 1.58 bits per heavy atom. The summed E-state index contributed by atoms with van der Waals surface area (Å²) in [6.07, 6.45) is 2.03. The Bertz CT molecular complexity index is 604. The average molecular weight is 253 g/mol. The van der Waals surface area contributed by atoms with Gasteiger partial charge in [0.2, 0.25) is 0 Å². The summed E-state index contributed by atoms with van der Waals surface area (Å²) in [5.41, 5.74) is 7.67. The zero-order valence-electron chi connectivity index (χ0n) is 12.8. The van der Waals surface area contributed by atoms with Gasteiger partial charge >= 0.3 is 0 Å². The van der Waals surface area contributed by atoms with Gasteiger partial charge in [0.1, 0.15) is 0 Å². The zero-order chi connectivity index (χ0) is 14.2. The highest BCUT2D eigenvalue weighted by Crippen LogP contribution is 2.29. The zero-order valence-corrected chi connectivity index (χ0v) is 12.8. The van der Waals surface area contributed by atoms with Crippen LogP contribution in [-0.2, 0) is 5.41 Å². The number of aromatic nitrogens is 1. The molecule has 0 aliphatic carbocycles. The van der Waals surface area contributed by atoms with Crippen LogP contribution >= 0.6 is 0 Å². The number of rotatable bonds is 1. The van der Waals surface area contributed by atoms with Gasteiger partial charge in [0, 0.05) is 11.8 Å². The summed E-state index contributed by atoms with van der Waals surface area (Å²) in [6, 6.07) is 8.74. The SMILES string of the molecule is Cc1ccc(-c2cc(C)c(C(C)(C)C)cn2)c(C)c1. The van der Waals surface area contributed by atoms with E-state index in [1.165, 1.54) is 27.8 Å². The normalized spacial score (nSPS) is 11.7. The van der Waals surface area contributed by atoms with Crippen LogP contribution in [0.5, 0.6) is 0 Å². The van der Waals surface area contributed by atoms with E-state index in [0.29, 0.717) is 0 Å². The fourth-order valence-electron chi connectivity index (χ4n) is 2.59. The lowest BCUT2D eigenvalue weighted by Crippen LogP contribution is -2.13. The van der Waals surface area contributed by atoms with Crippen LogP contribution < -0.4 is 0 Å². The van der Waals surface area contributed by atoms with E-state index in [2.05, 4.69) is 70.8 Å². The fourth-order valence-corrected chi connectivity index (χ4v) is 2.59. The highest BCUT2D eigenvalue weighted by atomic mass is 14.7. The largest absolute Gasteiger partial charge is 0.256 e. The molecule has 1 aromatic heterocycles. The van der Waals surface area contributed by atoms with Gasteiger partial charge < -0.3 is 0 Å². The number of benzene rings is 1. The molecule has 0 radical (unpaired) electrons. The van der Waals surface area contributed by atoms with Gasteiger partial charge in [-0.15, -0.1) is 0 Å². The van der Waals surface area contributed by atoms with Crippen LogP contribution in [0.25, 0.3) is 11.3 Å². The Morgan fingerprint density at radius 3 is 2.11 bits per heavy atom. The maximum atomic E-state index is 4.67. The van der Waals surface area contributed by atoms with Crippen LogP contribution in [0.2, 0.25) is 0 Å². The lowest BCUT2D eigenvalue weighted by atomic mass is 9.85. The Hall–Kier alpha value is -1.63. The van der Waals surface area contributed by atoms with Crippen LogP contribution in [0.15, 0.2) is 30.5 Å². The first-order chi connectivity index (χ1) is 8.79. The van der Waals surface area contributed by atoms with E-state index in [1.807, 2.05) is 6.20 Å². The van der Waals surface area contributed by atoms with Crippen molar-refractivity contribution in [3.63, 3.8) is 0 Å². The van der Waals surface area contributed by atoms with Crippen molar-refractivity contribution in [2.75, 3.05) is 0 Å². The Balaban J connectivity index is 2.51. The summed E-state index contributed by atoms with van der Waals surface area (Å²) < 4.78 is 0. The van der Waals surface area contributed by atoms with Crippen molar-refractivity contribution in [2.45, 2.75) is 47.0 Å². The number of pyridine rings is 1. The van der Waals surface area contributed by atoms with Gasteiger partial charge in [-0.05, 0) is 48.9 Å². The van der Waals surface area contributed by atoms with E-state index in [-0.39, 0.29) is 5.41 Å². The van der Waals surface area contributed by atoms with E-state index in [4.69, 9.17) is 0 Å². The molecule has 2 rings (SSSR count). The van der Waals surface area contributed by atoms with Gasteiger partial charge in [-0.1, -0.05) is 44.5 Å². The van der Waals surface area contributed by atoms with Crippen molar-refractivity contribution in [3.8, 4) is 11.3 Å². The van der Waals surface area contributed by atoms with Crippen molar-refractivity contribution < 1.29 is 0 Å². The maximum Gasteiger partial charge on any atom is 0.0707 e. The summed E-state index contributed by atoms with van der Waals surface area (Å²) >= 11 is 0. The van der Waals surface area contributed by atoms with Crippen LogP contribution in [-0.4, -0.2) is 4.98 Å². The minimum absolute atomic E-state index is 0.151. The standard InChI is InChI=1S/C18H23N/c1-12-7-8-15(13(2)9-12)17-10-14(3)16(11-19-17)18(4,5)6/h7-11H,1-6H3. The second-order valence-corrected chi connectivity index (χ2v) is 6.45. The van der Waals surface area contributed by atoms with Crippen LogP contribution in [0.3, 0.4) is 0 Å². The summed E-state index contributed by atoms with van der Waals surface area (Å²) in [7, 11) is 0. The van der Waals surface area contributed by atoms with Gasteiger partial charge in [0.05, 0.1) is 5.69 Å². The number of hydrogen-bond acceptors (Lipinski definition) is 1. The molecule has 0 aliphatic heterocycles. The minimum atomic E-state index is 0.151. The number of nitrogens with zero attached hydrogens (tertiary/aromatic N) is 1. The van der Waals surface area contributed by atoms with Gasteiger partial charge in [0.25, 0.3) is 0 Å². The molecule has 0 atom stereocenters. The lowest BCUT2D eigenvalue weighted by molar-refractivity contribution is 0.583. The van der Waals surface area contributed by atoms with Crippen LogP contribution in [0.4, 0.5) is 0 Å². The van der Waals surface area contributed by atoms with Gasteiger partial charge in [0.15, 0.2) is 0 Å². The first-order valence-electron chi connectivity index (χ1n) is 6.84. The van der Waals surface area contributed by atoms with E-state index in [1.54, 1.807) is 0 Å². The summed E-state index contributed by atoms with van der Waals surface area (Å²) in [4.78, 5) is 4.67. The lowest BCUT2D eigenvalue weighted by Gasteiger charge is -2.21. The molecule has 0 unspecified atom stereocenters. The molecule has 1 heteroatoms. The Labute approximate surface area is 116 Å². The first kappa shape index (κ1) is 13.8. The number of aryl methyl sites for hydroxylation is 3. The summed E-state index contributed by atoms with van der Waals surface area (Å²) in [5.74, 6) is 0. The number of hydrogen-bond donors (Lipinski definition) is 0.